The maximum atomic E-state index is 13.6. The molecule has 0 atom stereocenters. The van der Waals surface area contributed by atoms with Crippen LogP contribution in [0.2, 0.25) is 5.02 Å². The van der Waals surface area contributed by atoms with E-state index >= 15 is 0 Å². The molecule has 0 spiro atoms. The lowest BCUT2D eigenvalue weighted by Gasteiger charge is -2.24. The van der Waals surface area contributed by atoms with Crippen LogP contribution in [0.4, 0.5) is 4.39 Å². The van der Waals surface area contributed by atoms with Crippen molar-refractivity contribution in [3.05, 3.63) is 28.5 Å². The zero-order chi connectivity index (χ0) is 12.5. The molecule has 0 radical (unpaired) electrons. The zero-order valence-electron chi connectivity index (χ0n) is 8.92. The quantitative estimate of drug-likeness (QED) is 0.862. The fourth-order valence-electron chi connectivity index (χ4n) is 1.53. The predicted molar refractivity (Wildman–Crippen MR) is 58.4 cm³/mol. The molecular formula is C11H12ClFO3. The fraction of sp³-hybridized carbons (Fsp3) is 0.364. The Kier molecular flexibility index (Phi) is 3.43. The minimum Gasteiger partial charge on any atom is -0.506 e. The lowest BCUT2D eigenvalue weighted by molar-refractivity contribution is -0.138. The van der Waals surface area contributed by atoms with Crippen LogP contribution in [0.25, 0.3) is 0 Å². The molecule has 0 saturated carbocycles. The Labute approximate surface area is 97.5 Å². The number of halogens is 2. The van der Waals surface area contributed by atoms with Crippen LogP contribution in [0, 0.1) is 5.82 Å². The average molecular weight is 247 g/mol. The number of aliphatic carboxylic acids is 1. The summed E-state index contributed by atoms with van der Waals surface area (Å²) in [5.41, 5.74) is -0.703. The first-order valence-electron chi connectivity index (χ1n) is 4.64. The first kappa shape index (κ1) is 12.8. The van der Waals surface area contributed by atoms with Crippen molar-refractivity contribution in [1.82, 2.24) is 0 Å². The molecule has 0 fully saturated rings. The Balaban J connectivity index is 3.22. The second kappa shape index (κ2) is 4.29. The number of aromatic hydroxyl groups is 1. The van der Waals surface area contributed by atoms with Crippen molar-refractivity contribution >= 4 is 17.6 Å². The van der Waals surface area contributed by atoms with Crippen molar-refractivity contribution in [3.8, 4) is 5.75 Å². The Morgan fingerprint density at radius 2 is 2.06 bits per heavy atom. The number of phenols is 1. The number of benzene rings is 1. The molecule has 0 aliphatic heterocycles. The van der Waals surface area contributed by atoms with Gasteiger partial charge in [0.15, 0.2) is 0 Å². The summed E-state index contributed by atoms with van der Waals surface area (Å²) < 4.78 is 13.6. The first-order valence-corrected chi connectivity index (χ1v) is 5.02. The van der Waals surface area contributed by atoms with Gasteiger partial charge in [0.05, 0.1) is 11.4 Å². The van der Waals surface area contributed by atoms with Crippen LogP contribution >= 0.6 is 11.6 Å². The lowest BCUT2D eigenvalue weighted by atomic mass is 9.81. The van der Waals surface area contributed by atoms with Crippen LogP contribution in [0.3, 0.4) is 0 Å². The normalized spacial score (nSPS) is 11.5. The topological polar surface area (TPSA) is 57.5 Å². The number of phenolic OH excluding ortho intramolecular Hbond substituents is 1. The van der Waals surface area contributed by atoms with Gasteiger partial charge in [0.2, 0.25) is 0 Å². The minimum absolute atomic E-state index is 0.00913. The van der Waals surface area contributed by atoms with Gasteiger partial charge >= 0.3 is 5.97 Å². The van der Waals surface area contributed by atoms with E-state index in [0.29, 0.717) is 0 Å². The molecule has 0 aliphatic carbocycles. The van der Waals surface area contributed by atoms with Gasteiger partial charge in [0, 0.05) is 11.5 Å². The third-order valence-electron chi connectivity index (χ3n) is 2.36. The van der Waals surface area contributed by atoms with Gasteiger partial charge in [-0.25, -0.2) is 4.39 Å². The highest BCUT2D eigenvalue weighted by atomic mass is 35.5. The van der Waals surface area contributed by atoms with E-state index in [4.69, 9.17) is 16.7 Å². The van der Waals surface area contributed by atoms with Crippen LogP contribution in [-0.2, 0) is 10.2 Å². The summed E-state index contributed by atoms with van der Waals surface area (Å²) in [6.45, 7) is 3.21. The smallest absolute Gasteiger partial charge is 0.304 e. The monoisotopic (exact) mass is 246 g/mol. The molecule has 1 aromatic rings. The molecule has 0 heterocycles. The van der Waals surface area contributed by atoms with Crippen LogP contribution in [-0.4, -0.2) is 16.2 Å². The van der Waals surface area contributed by atoms with Crippen LogP contribution in [0.15, 0.2) is 12.1 Å². The van der Waals surface area contributed by atoms with Gasteiger partial charge in [-0.1, -0.05) is 25.4 Å². The second-order valence-corrected chi connectivity index (χ2v) is 4.65. The van der Waals surface area contributed by atoms with Crippen LogP contribution in [0.5, 0.6) is 5.75 Å². The van der Waals surface area contributed by atoms with Crippen LogP contribution < -0.4 is 0 Å². The van der Waals surface area contributed by atoms with Crippen molar-refractivity contribution < 1.29 is 19.4 Å². The van der Waals surface area contributed by atoms with Crippen molar-refractivity contribution in [2.75, 3.05) is 0 Å². The standard InChI is InChI=1S/C11H12ClFO3/c1-11(2,5-10(15)16)6-3-7(12)9(14)4-8(6)13/h3-4,14H,5H2,1-2H3,(H,15,16). The molecule has 1 aromatic carbocycles. The predicted octanol–water partition coefficient (Wildman–Crippen LogP) is 2.94. The SMILES string of the molecule is CC(C)(CC(=O)O)c1cc(Cl)c(O)cc1F. The second-order valence-electron chi connectivity index (χ2n) is 4.24. The zero-order valence-corrected chi connectivity index (χ0v) is 9.68. The number of hydrogen-bond acceptors (Lipinski definition) is 2. The van der Waals surface area contributed by atoms with Gasteiger partial charge in [-0.05, 0) is 11.6 Å². The molecule has 0 aliphatic rings. The Bertz CT molecular complexity index is 429. The number of carbonyl (C=O) groups is 1. The Hall–Kier alpha value is -1.29. The van der Waals surface area contributed by atoms with Crippen molar-refractivity contribution in [3.63, 3.8) is 0 Å². The largest absolute Gasteiger partial charge is 0.506 e. The summed E-state index contributed by atoms with van der Waals surface area (Å²) >= 11 is 5.66. The highest BCUT2D eigenvalue weighted by Gasteiger charge is 2.28. The van der Waals surface area contributed by atoms with E-state index in [1.165, 1.54) is 6.07 Å². The summed E-state index contributed by atoms with van der Waals surface area (Å²) in [6.07, 6.45) is -0.217. The maximum absolute atomic E-state index is 13.6. The Morgan fingerprint density at radius 3 is 2.56 bits per heavy atom. The minimum atomic E-state index is -1.02. The van der Waals surface area contributed by atoms with E-state index in [1.54, 1.807) is 13.8 Å². The summed E-state index contributed by atoms with van der Waals surface area (Å²) in [6, 6.07) is 2.15. The van der Waals surface area contributed by atoms with E-state index in [9.17, 15) is 14.3 Å². The van der Waals surface area contributed by atoms with Gasteiger partial charge in [-0.3, -0.25) is 4.79 Å². The third-order valence-corrected chi connectivity index (χ3v) is 2.66. The maximum Gasteiger partial charge on any atom is 0.304 e. The van der Waals surface area contributed by atoms with Crippen molar-refractivity contribution in [2.24, 2.45) is 0 Å². The molecule has 88 valence electrons. The highest BCUT2D eigenvalue weighted by molar-refractivity contribution is 6.32. The van der Waals surface area contributed by atoms with Crippen molar-refractivity contribution in [2.45, 2.75) is 25.7 Å². The van der Waals surface area contributed by atoms with E-state index in [0.717, 1.165) is 6.07 Å². The number of carboxylic acids is 1. The highest BCUT2D eigenvalue weighted by Crippen LogP contribution is 2.35. The molecule has 16 heavy (non-hydrogen) atoms. The summed E-state index contributed by atoms with van der Waals surface area (Å²) in [7, 11) is 0. The van der Waals surface area contributed by atoms with E-state index in [2.05, 4.69) is 0 Å². The van der Waals surface area contributed by atoms with Gasteiger partial charge in [-0.2, -0.15) is 0 Å². The summed E-state index contributed by atoms with van der Waals surface area (Å²) in [4.78, 5) is 10.6. The number of rotatable bonds is 3. The van der Waals surface area contributed by atoms with E-state index in [-0.39, 0.29) is 22.8 Å². The van der Waals surface area contributed by atoms with Gasteiger partial charge in [0.25, 0.3) is 0 Å². The molecule has 1 rings (SSSR count). The Morgan fingerprint density at radius 1 is 1.50 bits per heavy atom. The lowest BCUT2D eigenvalue weighted by Crippen LogP contribution is -2.23. The molecule has 0 aromatic heterocycles. The first-order chi connectivity index (χ1) is 7.24. The summed E-state index contributed by atoms with van der Waals surface area (Å²) in [5.74, 6) is -2.03. The average Bonchev–Trinajstić information content (AvgIpc) is 2.08. The van der Waals surface area contributed by atoms with Gasteiger partial charge < -0.3 is 10.2 Å². The van der Waals surface area contributed by atoms with E-state index in [1.807, 2.05) is 0 Å². The molecule has 0 saturated heterocycles. The molecule has 5 heteroatoms. The van der Waals surface area contributed by atoms with Gasteiger partial charge in [0.1, 0.15) is 11.6 Å². The molecule has 2 N–H and O–H groups in total. The third kappa shape index (κ3) is 2.64. The number of carboxylic acid groups (broad SMARTS) is 1. The molecule has 3 nitrogen and oxygen atoms in total. The van der Waals surface area contributed by atoms with E-state index < -0.39 is 17.2 Å². The van der Waals surface area contributed by atoms with Crippen molar-refractivity contribution in [1.29, 1.82) is 0 Å². The molecular weight excluding hydrogens is 235 g/mol. The number of hydrogen-bond donors (Lipinski definition) is 2. The van der Waals surface area contributed by atoms with Gasteiger partial charge in [-0.15, -0.1) is 0 Å². The molecule has 0 unspecified atom stereocenters. The van der Waals surface area contributed by atoms with Crippen LogP contribution in [0.1, 0.15) is 25.8 Å². The fourth-order valence-corrected chi connectivity index (χ4v) is 1.69. The summed E-state index contributed by atoms with van der Waals surface area (Å²) in [5, 5.41) is 17.9. The molecule has 0 bridgehead atoms. The molecule has 0 amide bonds.